The molecule has 2 amide bonds. The highest BCUT2D eigenvalue weighted by atomic mass is 16.5. The van der Waals surface area contributed by atoms with Gasteiger partial charge in [-0.1, -0.05) is 44.2 Å². The second kappa shape index (κ2) is 7.98. The van der Waals surface area contributed by atoms with E-state index in [2.05, 4.69) is 18.7 Å². The standard InChI is InChI=1S/C25H28N2O3/c1-16-13-17(2)15-26(14-16)23-22(19-9-11-20(30-4)12-10-19)24(28)27(25(23)29)21-8-6-5-7-18(21)3/h5-12,16-17H,13-15H2,1-4H3. The zero-order chi connectivity index (χ0) is 21.4. The number of benzene rings is 2. The van der Waals surface area contributed by atoms with E-state index in [0.29, 0.717) is 34.5 Å². The molecule has 2 aliphatic heterocycles. The van der Waals surface area contributed by atoms with Gasteiger partial charge in [-0.2, -0.15) is 0 Å². The third kappa shape index (κ3) is 3.49. The van der Waals surface area contributed by atoms with Gasteiger partial charge in [0.05, 0.1) is 18.4 Å². The number of amides is 2. The number of aryl methyl sites for hydroxylation is 1. The van der Waals surface area contributed by atoms with Crippen molar-refractivity contribution in [3.63, 3.8) is 0 Å². The van der Waals surface area contributed by atoms with E-state index in [-0.39, 0.29) is 11.8 Å². The minimum atomic E-state index is -0.264. The summed E-state index contributed by atoms with van der Waals surface area (Å²) in [5, 5.41) is 0. The highest BCUT2D eigenvalue weighted by Gasteiger charge is 2.44. The average Bonchev–Trinajstić information content (AvgIpc) is 2.98. The smallest absolute Gasteiger partial charge is 0.282 e. The highest BCUT2D eigenvalue weighted by Crippen LogP contribution is 2.38. The van der Waals surface area contributed by atoms with Gasteiger partial charge >= 0.3 is 0 Å². The number of anilines is 1. The maximum Gasteiger partial charge on any atom is 0.282 e. The Morgan fingerprint density at radius 3 is 2.13 bits per heavy atom. The summed E-state index contributed by atoms with van der Waals surface area (Å²) in [6, 6.07) is 14.9. The van der Waals surface area contributed by atoms with E-state index in [0.717, 1.165) is 30.6 Å². The van der Waals surface area contributed by atoms with E-state index >= 15 is 0 Å². The number of likely N-dealkylation sites (tertiary alicyclic amines) is 1. The summed E-state index contributed by atoms with van der Waals surface area (Å²) < 4.78 is 5.27. The Labute approximate surface area is 177 Å². The molecule has 4 rings (SSSR count). The maximum absolute atomic E-state index is 13.7. The molecule has 2 heterocycles. The number of hydrogen-bond acceptors (Lipinski definition) is 4. The van der Waals surface area contributed by atoms with Gasteiger partial charge < -0.3 is 9.64 Å². The van der Waals surface area contributed by atoms with Crippen LogP contribution < -0.4 is 9.64 Å². The first-order valence-electron chi connectivity index (χ1n) is 10.5. The van der Waals surface area contributed by atoms with Gasteiger partial charge in [-0.15, -0.1) is 0 Å². The van der Waals surface area contributed by atoms with E-state index in [1.165, 1.54) is 4.90 Å². The molecule has 156 valence electrons. The number of hydrogen-bond donors (Lipinski definition) is 0. The number of rotatable bonds is 4. The number of carbonyl (C=O) groups excluding carboxylic acids is 2. The van der Waals surface area contributed by atoms with Gasteiger partial charge in [-0.05, 0) is 54.5 Å². The molecule has 0 saturated carbocycles. The Kier molecular flexibility index (Phi) is 5.37. The van der Waals surface area contributed by atoms with E-state index < -0.39 is 0 Å². The van der Waals surface area contributed by atoms with Crippen LogP contribution in [0.4, 0.5) is 5.69 Å². The molecule has 5 heteroatoms. The number of methoxy groups -OCH3 is 1. The molecule has 0 radical (unpaired) electrons. The van der Waals surface area contributed by atoms with Gasteiger partial charge in [0.25, 0.3) is 11.8 Å². The molecule has 5 nitrogen and oxygen atoms in total. The summed E-state index contributed by atoms with van der Waals surface area (Å²) in [6.07, 6.45) is 1.13. The lowest BCUT2D eigenvalue weighted by molar-refractivity contribution is -0.120. The quantitative estimate of drug-likeness (QED) is 0.715. The number of para-hydroxylation sites is 1. The monoisotopic (exact) mass is 404 g/mol. The lowest BCUT2D eigenvalue weighted by atomic mass is 9.91. The predicted octanol–water partition coefficient (Wildman–Crippen LogP) is 4.27. The number of nitrogens with zero attached hydrogens (tertiary/aromatic N) is 2. The van der Waals surface area contributed by atoms with Gasteiger partial charge in [-0.25, -0.2) is 4.90 Å². The molecule has 2 aromatic carbocycles. The fourth-order valence-corrected chi connectivity index (χ4v) is 4.71. The van der Waals surface area contributed by atoms with Crippen LogP contribution in [-0.2, 0) is 9.59 Å². The van der Waals surface area contributed by atoms with Gasteiger partial charge in [0.15, 0.2) is 0 Å². The fraction of sp³-hybridized carbons (Fsp3) is 0.360. The molecule has 0 N–H and O–H groups in total. The van der Waals surface area contributed by atoms with Crippen molar-refractivity contribution in [2.24, 2.45) is 11.8 Å². The lowest BCUT2D eigenvalue weighted by Gasteiger charge is -2.37. The molecule has 0 aromatic heterocycles. The molecular weight excluding hydrogens is 376 g/mol. The summed E-state index contributed by atoms with van der Waals surface area (Å²) in [7, 11) is 1.61. The van der Waals surface area contributed by atoms with Crippen LogP contribution >= 0.6 is 0 Å². The second-order valence-corrected chi connectivity index (χ2v) is 8.54. The minimum Gasteiger partial charge on any atom is -0.497 e. The van der Waals surface area contributed by atoms with Gasteiger partial charge in [-0.3, -0.25) is 9.59 Å². The van der Waals surface area contributed by atoms with Gasteiger partial charge in [0.2, 0.25) is 0 Å². The molecule has 0 bridgehead atoms. The van der Waals surface area contributed by atoms with Crippen LogP contribution in [0.2, 0.25) is 0 Å². The van der Waals surface area contributed by atoms with Gasteiger partial charge in [0, 0.05) is 13.1 Å². The topological polar surface area (TPSA) is 49.9 Å². The molecule has 2 aliphatic rings. The van der Waals surface area contributed by atoms with Crippen molar-refractivity contribution in [3.05, 3.63) is 65.4 Å². The lowest BCUT2D eigenvalue weighted by Crippen LogP contribution is -2.42. The first kappa shape index (κ1) is 20.2. The second-order valence-electron chi connectivity index (χ2n) is 8.54. The first-order valence-corrected chi connectivity index (χ1v) is 10.5. The largest absolute Gasteiger partial charge is 0.497 e. The molecule has 2 aromatic rings. The Bertz CT molecular complexity index is 999. The van der Waals surface area contributed by atoms with Crippen LogP contribution in [0.3, 0.4) is 0 Å². The zero-order valence-corrected chi connectivity index (χ0v) is 18.0. The van der Waals surface area contributed by atoms with Crippen molar-refractivity contribution in [1.29, 1.82) is 0 Å². The molecule has 0 spiro atoms. The van der Waals surface area contributed by atoms with Crippen LogP contribution in [0.15, 0.2) is 54.2 Å². The molecule has 30 heavy (non-hydrogen) atoms. The zero-order valence-electron chi connectivity index (χ0n) is 18.0. The Balaban J connectivity index is 1.84. The molecule has 2 atom stereocenters. The van der Waals surface area contributed by atoms with Crippen molar-refractivity contribution >= 4 is 23.1 Å². The summed E-state index contributed by atoms with van der Waals surface area (Å²) in [6.45, 7) is 7.89. The van der Waals surface area contributed by atoms with Gasteiger partial charge in [0.1, 0.15) is 11.4 Å². The molecule has 1 saturated heterocycles. The van der Waals surface area contributed by atoms with Crippen LogP contribution in [0.5, 0.6) is 5.75 Å². The van der Waals surface area contributed by atoms with E-state index in [1.807, 2.05) is 55.5 Å². The summed E-state index contributed by atoms with van der Waals surface area (Å²) in [4.78, 5) is 30.8. The van der Waals surface area contributed by atoms with E-state index in [9.17, 15) is 9.59 Å². The Morgan fingerprint density at radius 1 is 0.900 bits per heavy atom. The number of imide groups is 1. The first-order chi connectivity index (χ1) is 14.4. The highest BCUT2D eigenvalue weighted by molar-refractivity contribution is 6.45. The molecule has 2 unspecified atom stereocenters. The average molecular weight is 405 g/mol. The molecular formula is C25H28N2O3. The number of ether oxygens (including phenoxy) is 1. The SMILES string of the molecule is COc1ccc(C2=C(N3CC(C)CC(C)C3)C(=O)N(c3ccccc3C)C2=O)cc1. The van der Waals surface area contributed by atoms with Crippen molar-refractivity contribution in [1.82, 2.24) is 4.90 Å². The van der Waals surface area contributed by atoms with Crippen molar-refractivity contribution in [3.8, 4) is 5.75 Å². The Hall–Kier alpha value is -3.08. The van der Waals surface area contributed by atoms with Crippen LogP contribution in [-0.4, -0.2) is 36.9 Å². The normalized spacial score (nSPS) is 22.1. The van der Waals surface area contributed by atoms with Crippen LogP contribution in [0.25, 0.3) is 5.57 Å². The molecule has 0 aliphatic carbocycles. The number of carbonyl (C=O) groups is 2. The predicted molar refractivity (Wildman–Crippen MR) is 118 cm³/mol. The molecule has 1 fully saturated rings. The summed E-state index contributed by atoms with van der Waals surface area (Å²) in [5.41, 5.74) is 3.28. The third-order valence-corrected chi connectivity index (χ3v) is 5.98. The number of piperidine rings is 1. The minimum absolute atomic E-state index is 0.235. The van der Waals surface area contributed by atoms with E-state index in [4.69, 9.17) is 4.74 Å². The third-order valence-electron chi connectivity index (χ3n) is 5.98. The van der Waals surface area contributed by atoms with Crippen molar-refractivity contribution in [2.75, 3.05) is 25.1 Å². The fourth-order valence-electron chi connectivity index (χ4n) is 4.71. The van der Waals surface area contributed by atoms with E-state index in [1.54, 1.807) is 7.11 Å². The maximum atomic E-state index is 13.7. The Morgan fingerprint density at radius 2 is 1.53 bits per heavy atom. The summed E-state index contributed by atoms with van der Waals surface area (Å²) in [5.74, 6) is 1.15. The summed E-state index contributed by atoms with van der Waals surface area (Å²) >= 11 is 0. The van der Waals surface area contributed by atoms with Crippen molar-refractivity contribution < 1.29 is 14.3 Å². The van der Waals surface area contributed by atoms with Crippen LogP contribution in [0.1, 0.15) is 31.4 Å². The van der Waals surface area contributed by atoms with Crippen molar-refractivity contribution in [2.45, 2.75) is 27.2 Å². The van der Waals surface area contributed by atoms with Crippen LogP contribution in [0, 0.1) is 18.8 Å².